The number of halogens is 1. The fourth-order valence-electron chi connectivity index (χ4n) is 5.93. The van der Waals surface area contributed by atoms with Crippen LogP contribution in [-0.4, -0.2) is 118 Å². The van der Waals surface area contributed by atoms with Gasteiger partial charge in [-0.15, -0.1) is 0 Å². The molecular weight excluding hydrogens is 809 g/mol. The van der Waals surface area contributed by atoms with Crippen LogP contribution in [0.4, 0.5) is 10.2 Å². The molecule has 308 valence electrons. The Morgan fingerprint density at radius 3 is 2.59 bits per heavy atom. The number of carbonyl (C=O) groups is 1. The van der Waals surface area contributed by atoms with Crippen LogP contribution in [0.5, 0.6) is 0 Å². The Morgan fingerprint density at radius 1 is 1.12 bits per heavy atom. The lowest BCUT2D eigenvalue weighted by atomic mass is 10.1. The van der Waals surface area contributed by atoms with Crippen LogP contribution in [-0.2, 0) is 39.3 Å². The van der Waals surface area contributed by atoms with Crippen LogP contribution in [0.3, 0.4) is 0 Å². The Labute approximate surface area is 341 Å². The Morgan fingerprint density at radius 2 is 1.90 bits per heavy atom. The lowest BCUT2D eigenvalue weighted by molar-refractivity contribution is -0.0479. The van der Waals surface area contributed by atoms with E-state index >= 15 is 4.39 Å². The van der Waals surface area contributed by atoms with Crippen molar-refractivity contribution in [3.05, 3.63) is 90.1 Å². The summed E-state index contributed by atoms with van der Waals surface area (Å²) < 4.78 is 54.9. The van der Waals surface area contributed by atoms with Crippen molar-refractivity contribution in [2.75, 3.05) is 31.7 Å². The van der Waals surface area contributed by atoms with Crippen LogP contribution in [0.25, 0.3) is 16.0 Å². The molecule has 6 rings (SSSR count). The zero-order valence-electron chi connectivity index (χ0n) is 32.5. The van der Waals surface area contributed by atoms with E-state index < -0.39 is 83.2 Å². The summed E-state index contributed by atoms with van der Waals surface area (Å²) in [4.78, 5) is 33.0. The van der Waals surface area contributed by atoms with Crippen LogP contribution in [0.15, 0.2) is 67.5 Å². The number of aliphatic hydroxyl groups excluding tert-OH is 2. The van der Waals surface area contributed by atoms with Crippen molar-refractivity contribution in [3.63, 3.8) is 0 Å². The molecule has 2 aliphatic rings. The maximum absolute atomic E-state index is 15.9. The zero-order chi connectivity index (χ0) is 41.7. The number of imidazole rings is 1. The largest absolute Gasteiger partial charge is 0.408 e. The van der Waals surface area contributed by atoms with Gasteiger partial charge in [-0.1, -0.05) is 50.8 Å². The van der Waals surface area contributed by atoms with Crippen molar-refractivity contribution in [2.24, 2.45) is 0 Å². The molecule has 3 N–H and O–H groups in total. The molecule has 9 atom stereocenters. The molecule has 2 saturated heterocycles. The minimum absolute atomic E-state index is 0.0692. The third-order valence-electron chi connectivity index (χ3n) is 10.0. The number of pyridine rings is 1. The van der Waals surface area contributed by atoms with Gasteiger partial charge >= 0.3 is 6.72 Å². The van der Waals surface area contributed by atoms with Gasteiger partial charge in [0.15, 0.2) is 37.7 Å². The number of ether oxygens (including phenoxy) is 2. The van der Waals surface area contributed by atoms with Gasteiger partial charge in [0, 0.05) is 23.5 Å². The summed E-state index contributed by atoms with van der Waals surface area (Å²) in [6.45, 7) is 12.6. The molecule has 1 amide bonds. The van der Waals surface area contributed by atoms with Gasteiger partial charge in [0.2, 0.25) is 6.54 Å². The normalized spacial score (nSPS) is 25.8. The average Bonchev–Trinajstić information content (AvgIpc) is 3.86. The Balaban J connectivity index is 1.24. The SMILES string of the molecule is [C-]#[N+]CCOP(=S)(OC[C@H]1O[C@@H](n2cnc3c(NC(=O)c4ccccc4)ncnc32)[C@H](F)[C@@H]1O)O[C@@H]1[C@H](O[Si](C)(C)C(C)(C)C)[C@@H](CO)O[C@H]1C#Cc1cccnc1. The van der Waals surface area contributed by atoms with E-state index in [1.54, 1.807) is 54.9 Å². The third kappa shape index (κ3) is 9.85. The van der Waals surface area contributed by atoms with Gasteiger partial charge in [0.05, 0.1) is 19.5 Å². The van der Waals surface area contributed by atoms with E-state index in [1.807, 2.05) is 13.1 Å². The van der Waals surface area contributed by atoms with E-state index in [0.29, 0.717) is 11.1 Å². The van der Waals surface area contributed by atoms with E-state index in [2.05, 4.69) is 62.7 Å². The number of nitrogens with zero attached hydrogens (tertiary/aromatic N) is 6. The van der Waals surface area contributed by atoms with Crippen molar-refractivity contribution in [1.82, 2.24) is 24.5 Å². The number of aliphatic hydroxyl groups is 2. The number of nitrogens with one attached hydrogen (secondary N) is 1. The van der Waals surface area contributed by atoms with Crippen molar-refractivity contribution in [3.8, 4) is 11.8 Å². The van der Waals surface area contributed by atoms with Crippen molar-refractivity contribution >= 4 is 49.7 Å². The van der Waals surface area contributed by atoms with E-state index in [0.717, 1.165) is 0 Å². The van der Waals surface area contributed by atoms with E-state index in [9.17, 15) is 15.0 Å². The number of hydrogen-bond donors (Lipinski definition) is 3. The first-order valence-corrected chi connectivity index (χ1v) is 23.9. The molecular formula is C38H45FN7O9PSSi. The lowest BCUT2D eigenvalue weighted by Crippen LogP contribution is -2.50. The van der Waals surface area contributed by atoms with E-state index in [4.69, 9.17) is 45.8 Å². The maximum atomic E-state index is 15.9. The number of carbonyl (C=O) groups excluding carboxylic acids is 1. The van der Waals surface area contributed by atoms with Gasteiger partial charge in [0.1, 0.15) is 49.6 Å². The summed E-state index contributed by atoms with van der Waals surface area (Å²) >= 11 is 5.91. The second-order valence-electron chi connectivity index (χ2n) is 15.0. The van der Waals surface area contributed by atoms with Gasteiger partial charge in [-0.25, -0.2) is 25.9 Å². The summed E-state index contributed by atoms with van der Waals surface area (Å²) in [5, 5.41) is 24.0. The first kappa shape index (κ1) is 43.5. The molecule has 2 fully saturated rings. The molecule has 1 aromatic carbocycles. The Kier molecular flexibility index (Phi) is 13.8. The Bertz CT molecular complexity index is 2200. The highest BCUT2D eigenvalue weighted by molar-refractivity contribution is 8.07. The molecule has 0 spiro atoms. The summed E-state index contributed by atoms with van der Waals surface area (Å²) in [5.41, 5.74) is 1.31. The molecule has 1 unspecified atom stereocenters. The molecule has 16 nitrogen and oxygen atoms in total. The molecule has 20 heteroatoms. The van der Waals surface area contributed by atoms with Gasteiger partial charge in [-0.05, 0) is 54.2 Å². The molecule has 0 radical (unpaired) electrons. The number of anilines is 1. The van der Waals surface area contributed by atoms with Crippen molar-refractivity contribution in [2.45, 2.75) is 87.9 Å². The van der Waals surface area contributed by atoms with Crippen LogP contribution >= 0.6 is 6.72 Å². The zero-order valence-corrected chi connectivity index (χ0v) is 35.2. The predicted molar refractivity (Wildman–Crippen MR) is 216 cm³/mol. The number of fused-ring (bicyclic) bond motifs is 1. The van der Waals surface area contributed by atoms with Crippen molar-refractivity contribution in [1.29, 1.82) is 0 Å². The number of rotatable bonds is 14. The summed E-state index contributed by atoms with van der Waals surface area (Å²) in [6, 6.07) is 12.0. The highest BCUT2D eigenvalue weighted by atomic mass is 32.5. The molecule has 2 aliphatic heterocycles. The molecule has 5 heterocycles. The number of amides is 1. The predicted octanol–water partition coefficient (Wildman–Crippen LogP) is 4.83. The standard InChI is InChI=1S/C38H45FN7O9PSSi/c1-38(2,3)58(5,6)55-33-27(20-47)52-26(15-14-24-11-10-16-41-19-24)32(33)54-56(57,50-18-17-40-4)51-21-28-31(48)29(39)37(53-28)46-23-44-30-34(42-22-43-35(30)46)45-36(49)25-12-8-7-9-13-25/h7-13,16,19,22-23,26-29,31-33,37,47-48H,17-18,20-21H2,1-3,5-6H3,(H,42,43,45,49)/t26-,27+,28+,29+,31+,32-,33+,37+,56?/m0/s1. The summed E-state index contributed by atoms with van der Waals surface area (Å²) in [5.74, 6) is 5.77. The number of benzene rings is 1. The minimum Gasteiger partial charge on any atom is -0.408 e. The molecule has 0 bridgehead atoms. The second-order valence-corrected chi connectivity index (χ2v) is 22.7. The monoisotopic (exact) mass is 853 g/mol. The molecule has 4 aromatic rings. The first-order chi connectivity index (χ1) is 27.6. The van der Waals surface area contributed by atoms with Crippen LogP contribution in [0.1, 0.15) is 42.9 Å². The Hall–Kier alpha value is -4.08. The van der Waals surface area contributed by atoms with Crippen LogP contribution < -0.4 is 5.32 Å². The van der Waals surface area contributed by atoms with Gasteiger partial charge in [-0.2, -0.15) is 0 Å². The number of aromatic nitrogens is 5. The average molecular weight is 854 g/mol. The van der Waals surface area contributed by atoms with Gasteiger partial charge in [-0.3, -0.25) is 18.9 Å². The maximum Gasteiger partial charge on any atom is 0.328 e. The fraction of sp³-hybridized carbons (Fsp3) is 0.474. The van der Waals surface area contributed by atoms with Crippen molar-refractivity contribution < 1.29 is 46.9 Å². The van der Waals surface area contributed by atoms with E-state index in [1.165, 1.54) is 17.2 Å². The minimum atomic E-state index is -3.88. The smallest absolute Gasteiger partial charge is 0.328 e. The molecule has 0 saturated carbocycles. The highest BCUT2D eigenvalue weighted by Gasteiger charge is 2.53. The second kappa shape index (κ2) is 18.5. The highest BCUT2D eigenvalue weighted by Crippen LogP contribution is 2.54. The summed E-state index contributed by atoms with van der Waals surface area (Å²) in [7, 11) is -2.53. The van der Waals surface area contributed by atoms with Gasteiger partial charge < -0.3 is 43.3 Å². The number of alkyl halides is 1. The third-order valence-corrected chi connectivity index (χ3v) is 16.9. The van der Waals surface area contributed by atoms with Gasteiger partial charge in [0.25, 0.3) is 5.91 Å². The van der Waals surface area contributed by atoms with Crippen LogP contribution in [0.2, 0.25) is 18.1 Å². The molecule has 0 aliphatic carbocycles. The lowest BCUT2D eigenvalue weighted by Gasteiger charge is -2.40. The first-order valence-electron chi connectivity index (χ1n) is 18.4. The van der Waals surface area contributed by atoms with Crippen LogP contribution in [0, 0.1) is 18.4 Å². The molecule has 58 heavy (non-hydrogen) atoms. The summed E-state index contributed by atoms with van der Waals surface area (Å²) in [6.07, 6.45) is -4.42. The topological polar surface area (TPSA) is 186 Å². The quantitative estimate of drug-likeness (QED) is 0.0515. The fourth-order valence-corrected chi connectivity index (χ4v) is 9.31. The van der Waals surface area contributed by atoms with E-state index in [-0.39, 0.29) is 35.2 Å². The molecule has 3 aromatic heterocycles. The number of hydrogen-bond acceptors (Lipinski definition) is 14.